The van der Waals surface area contributed by atoms with E-state index >= 15 is 0 Å². The van der Waals surface area contributed by atoms with Crippen LogP contribution in [0.15, 0.2) is 12.3 Å². The van der Waals surface area contributed by atoms with Crippen LogP contribution in [0.5, 0.6) is 0 Å². The van der Waals surface area contributed by atoms with Gasteiger partial charge in [0.05, 0.1) is 6.10 Å². The summed E-state index contributed by atoms with van der Waals surface area (Å²) in [4.78, 5) is 0. The molecule has 98 valence electrons. The highest BCUT2D eigenvalue weighted by atomic mass is 16.5. The Kier molecular flexibility index (Phi) is 4.71. The highest BCUT2D eigenvalue weighted by molar-refractivity contribution is 5.01. The summed E-state index contributed by atoms with van der Waals surface area (Å²) in [6, 6.07) is 2.08. The lowest BCUT2D eigenvalue weighted by Gasteiger charge is -2.34. The maximum absolute atomic E-state index is 6.23. The molecule has 0 amide bonds. The molecule has 0 bridgehead atoms. The van der Waals surface area contributed by atoms with Crippen molar-refractivity contribution in [3.8, 4) is 0 Å². The molecule has 0 saturated carbocycles. The minimum atomic E-state index is 0.0508. The molecule has 0 aromatic carbocycles. The van der Waals surface area contributed by atoms with Crippen LogP contribution in [0, 0.1) is 5.41 Å². The molecular weight excluding hydrogens is 214 g/mol. The van der Waals surface area contributed by atoms with Gasteiger partial charge >= 0.3 is 0 Å². The summed E-state index contributed by atoms with van der Waals surface area (Å²) in [5.74, 6) is 0. The summed E-state index contributed by atoms with van der Waals surface area (Å²) >= 11 is 0. The molecule has 2 unspecified atom stereocenters. The van der Waals surface area contributed by atoms with E-state index in [0.29, 0.717) is 0 Å². The van der Waals surface area contributed by atoms with Gasteiger partial charge in [0.25, 0.3) is 0 Å². The maximum atomic E-state index is 6.23. The van der Waals surface area contributed by atoms with Crippen LogP contribution >= 0.6 is 0 Å². The maximum Gasteiger partial charge on any atom is 0.0770 e. The molecular formula is C13H25N3O. The zero-order chi connectivity index (χ0) is 13.1. The Balaban J connectivity index is 2.54. The topological polar surface area (TPSA) is 53.1 Å². The Hall–Kier alpha value is -0.870. The molecule has 0 aliphatic heterocycles. The van der Waals surface area contributed by atoms with Crippen molar-refractivity contribution in [3.05, 3.63) is 18.0 Å². The predicted octanol–water partition coefficient (Wildman–Crippen LogP) is 1.74. The Bertz CT molecular complexity index is 341. The quantitative estimate of drug-likeness (QED) is 0.851. The van der Waals surface area contributed by atoms with Gasteiger partial charge in [-0.2, -0.15) is 5.10 Å². The van der Waals surface area contributed by atoms with E-state index in [0.717, 1.165) is 12.8 Å². The van der Waals surface area contributed by atoms with Crippen LogP contribution in [0.25, 0.3) is 0 Å². The first-order chi connectivity index (χ1) is 7.86. The van der Waals surface area contributed by atoms with Gasteiger partial charge in [-0.1, -0.05) is 20.8 Å². The minimum Gasteiger partial charge on any atom is -0.379 e. The van der Waals surface area contributed by atoms with Gasteiger partial charge in [0.2, 0.25) is 0 Å². The fourth-order valence-electron chi connectivity index (χ4n) is 2.28. The smallest absolute Gasteiger partial charge is 0.0770 e. The van der Waals surface area contributed by atoms with Crippen molar-refractivity contribution in [2.75, 3.05) is 7.11 Å². The SMILES string of the molecule is COC(C(N)CCc1ccnn1C)C(C)(C)C. The molecule has 0 aliphatic rings. The van der Waals surface area contributed by atoms with Crippen LogP contribution in [0.4, 0.5) is 0 Å². The Morgan fingerprint density at radius 1 is 1.47 bits per heavy atom. The molecule has 1 heterocycles. The van der Waals surface area contributed by atoms with Gasteiger partial charge in [-0.15, -0.1) is 0 Å². The Labute approximate surface area is 104 Å². The van der Waals surface area contributed by atoms with Gasteiger partial charge in [-0.25, -0.2) is 0 Å². The van der Waals surface area contributed by atoms with Gasteiger partial charge < -0.3 is 10.5 Å². The third-order valence-electron chi connectivity index (χ3n) is 3.15. The van der Waals surface area contributed by atoms with Crippen molar-refractivity contribution < 1.29 is 4.74 Å². The van der Waals surface area contributed by atoms with Crippen molar-refractivity contribution in [1.29, 1.82) is 0 Å². The van der Waals surface area contributed by atoms with Crippen molar-refractivity contribution in [3.63, 3.8) is 0 Å². The Morgan fingerprint density at radius 3 is 2.53 bits per heavy atom. The van der Waals surface area contributed by atoms with E-state index in [1.807, 2.05) is 24.0 Å². The highest BCUT2D eigenvalue weighted by Crippen LogP contribution is 2.25. The van der Waals surface area contributed by atoms with Crippen molar-refractivity contribution >= 4 is 0 Å². The summed E-state index contributed by atoms with van der Waals surface area (Å²) in [5.41, 5.74) is 7.51. The first-order valence-electron chi connectivity index (χ1n) is 6.11. The lowest BCUT2D eigenvalue weighted by atomic mass is 9.83. The average Bonchev–Trinajstić information content (AvgIpc) is 2.60. The molecule has 0 saturated heterocycles. The van der Waals surface area contributed by atoms with Crippen LogP contribution < -0.4 is 5.73 Å². The molecule has 4 nitrogen and oxygen atoms in total. The second-order valence-electron chi connectivity index (χ2n) is 5.67. The summed E-state index contributed by atoms with van der Waals surface area (Å²) in [7, 11) is 3.69. The lowest BCUT2D eigenvalue weighted by Crippen LogP contribution is -2.45. The average molecular weight is 239 g/mol. The van der Waals surface area contributed by atoms with Gasteiger partial charge in [0.15, 0.2) is 0 Å². The number of ether oxygens (including phenoxy) is 1. The molecule has 0 fully saturated rings. The summed E-state index contributed by atoms with van der Waals surface area (Å²) < 4.78 is 7.42. The van der Waals surface area contributed by atoms with Crippen LogP contribution in [0.3, 0.4) is 0 Å². The van der Waals surface area contributed by atoms with E-state index in [9.17, 15) is 0 Å². The molecule has 1 aromatic rings. The molecule has 0 spiro atoms. The zero-order valence-corrected chi connectivity index (χ0v) is 11.6. The van der Waals surface area contributed by atoms with Crippen LogP contribution in [0.2, 0.25) is 0 Å². The number of aromatic nitrogens is 2. The summed E-state index contributed by atoms with van der Waals surface area (Å²) in [6.45, 7) is 6.47. The molecule has 2 N–H and O–H groups in total. The van der Waals surface area contributed by atoms with Gasteiger partial charge in [0, 0.05) is 32.1 Å². The van der Waals surface area contributed by atoms with Gasteiger partial charge in [0.1, 0.15) is 0 Å². The van der Waals surface area contributed by atoms with E-state index in [1.54, 1.807) is 7.11 Å². The van der Waals surface area contributed by atoms with Gasteiger partial charge in [-0.05, 0) is 24.3 Å². The van der Waals surface area contributed by atoms with Gasteiger partial charge in [-0.3, -0.25) is 4.68 Å². The normalized spacial score (nSPS) is 15.9. The minimum absolute atomic E-state index is 0.0508. The number of hydrogen-bond acceptors (Lipinski definition) is 3. The number of rotatable bonds is 5. The lowest BCUT2D eigenvalue weighted by molar-refractivity contribution is -0.00357. The predicted molar refractivity (Wildman–Crippen MR) is 69.8 cm³/mol. The third kappa shape index (κ3) is 3.82. The molecule has 1 rings (SSSR count). The fraction of sp³-hybridized carbons (Fsp3) is 0.769. The number of hydrogen-bond donors (Lipinski definition) is 1. The first-order valence-corrected chi connectivity index (χ1v) is 6.11. The molecule has 2 atom stereocenters. The Morgan fingerprint density at radius 2 is 2.12 bits per heavy atom. The largest absolute Gasteiger partial charge is 0.379 e. The van der Waals surface area contributed by atoms with E-state index in [4.69, 9.17) is 10.5 Å². The van der Waals surface area contributed by atoms with E-state index in [2.05, 4.69) is 25.9 Å². The zero-order valence-electron chi connectivity index (χ0n) is 11.6. The molecule has 4 heteroatoms. The molecule has 17 heavy (non-hydrogen) atoms. The monoisotopic (exact) mass is 239 g/mol. The van der Waals surface area contributed by atoms with Crippen LogP contribution in [-0.2, 0) is 18.2 Å². The van der Waals surface area contributed by atoms with Crippen LogP contribution in [0.1, 0.15) is 32.9 Å². The number of methoxy groups -OCH3 is 1. The first kappa shape index (κ1) is 14.2. The fourth-order valence-corrected chi connectivity index (χ4v) is 2.28. The van der Waals surface area contributed by atoms with Crippen LogP contribution in [-0.4, -0.2) is 29.0 Å². The molecule has 0 radical (unpaired) electrons. The molecule has 1 aromatic heterocycles. The third-order valence-corrected chi connectivity index (χ3v) is 3.15. The molecule has 0 aliphatic carbocycles. The van der Waals surface area contributed by atoms with E-state index < -0.39 is 0 Å². The number of aryl methyl sites for hydroxylation is 2. The second kappa shape index (κ2) is 5.65. The van der Waals surface area contributed by atoms with E-state index in [1.165, 1.54) is 5.69 Å². The summed E-state index contributed by atoms with van der Waals surface area (Å²) in [5, 5.41) is 4.15. The highest BCUT2D eigenvalue weighted by Gasteiger charge is 2.29. The number of nitrogens with two attached hydrogens (primary N) is 1. The van der Waals surface area contributed by atoms with Crippen molar-refractivity contribution in [1.82, 2.24) is 9.78 Å². The van der Waals surface area contributed by atoms with E-state index in [-0.39, 0.29) is 17.6 Å². The standard InChI is InChI=1S/C13H25N3O/c1-13(2,3)12(17-5)11(14)7-6-10-8-9-15-16(10)4/h8-9,11-12H,6-7,14H2,1-5H3. The summed E-state index contributed by atoms with van der Waals surface area (Å²) in [6.07, 6.45) is 3.75. The number of nitrogens with zero attached hydrogens (tertiary/aromatic N) is 2. The second-order valence-corrected chi connectivity index (χ2v) is 5.67. The van der Waals surface area contributed by atoms with Crippen molar-refractivity contribution in [2.24, 2.45) is 18.2 Å². The van der Waals surface area contributed by atoms with Crippen molar-refractivity contribution in [2.45, 2.75) is 45.8 Å².